The maximum absolute atomic E-state index is 12.7. The van der Waals surface area contributed by atoms with Gasteiger partial charge in [0.1, 0.15) is 0 Å². The van der Waals surface area contributed by atoms with Crippen molar-refractivity contribution in [2.24, 2.45) is 0 Å². The van der Waals surface area contributed by atoms with Crippen LogP contribution in [0.25, 0.3) is 0 Å². The number of Topliss-reactive ketones (excluding diaryl/α,β-unsaturated/α-hetero) is 1. The van der Waals surface area contributed by atoms with Gasteiger partial charge in [-0.1, -0.05) is 24.3 Å². The number of hydrogen-bond acceptors (Lipinski definition) is 5. The third kappa shape index (κ3) is 5.87. The van der Waals surface area contributed by atoms with Gasteiger partial charge < -0.3 is 16.0 Å². The van der Waals surface area contributed by atoms with Gasteiger partial charge >= 0.3 is 0 Å². The third-order valence-corrected chi connectivity index (χ3v) is 6.59. The Morgan fingerprint density at radius 3 is 2.52 bits per heavy atom. The van der Waals surface area contributed by atoms with Crippen molar-refractivity contribution in [1.82, 2.24) is 9.80 Å². The fourth-order valence-corrected chi connectivity index (χ4v) is 4.15. The number of nitrogens with zero attached hydrogens (tertiary/aromatic N) is 2. The first kappa shape index (κ1) is 21.9. The Morgan fingerprint density at radius 2 is 1.86 bits per heavy atom. The highest BCUT2D eigenvalue weighted by Crippen LogP contribution is 2.19. The molecule has 154 valence electrons. The van der Waals surface area contributed by atoms with Gasteiger partial charge in [-0.25, -0.2) is 0 Å². The molecule has 1 heterocycles. The molecule has 0 aromatic heterocycles. The molecule has 1 saturated heterocycles. The van der Waals surface area contributed by atoms with E-state index in [4.69, 9.17) is 11.1 Å². The molecular formula is C23H29IN4O. The third-order valence-electron chi connectivity index (χ3n) is 5.59. The summed E-state index contributed by atoms with van der Waals surface area (Å²) in [5.74, 6) is -0.186. The average molecular weight is 504 g/mol. The monoisotopic (exact) mass is 504 g/mol. The van der Waals surface area contributed by atoms with E-state index in [1.54, 1.807) is 0 Å². The van der Waals surface area contributed by atoms with Crippen LogP contribution in [0, 0.1) is 15.9 Å². The minimum Gasteiger partial charge on any atom is -0.399 e. The predicted molar refractivity (Wildman–Crippen MR) is 128 cm³/mol. The summed E-state index contributed by atoms with van der Waals surface area (Å²) < 4.78 is 1.09. The predicted octanol–water partition coefficient (Wildman–Crippen LogP) is 3.76. The van der Waals surface area contributed by atoms with E-state index in [1.165, 1.54) is 5.56 Å². The minimum atomic E-state index is -0.186. The zero-order chi connectivity index (χ0) is 21.0. The zero-order valence-corrected chi connectivity index (χ0v) is 19.3. The normalized spacial score (nSPS) is 15.4. The second kappa shape index (κ2) is 9.82. The van der Waals surface area contributed by atoms with Gasteiger partial charge in [0.15, 0.2) is 0 Å². The van der Waals surface area contributed by atoms with Crippen LogP contribution in [-0.2, 0) is 13.0 Å². The van der Waals surface area contributed by atoms with Crippen LogP contribution >= 0.6 is 22.6 Å². The first-order valence-electron chi connectivity index (χ1n) is 10.00. The number of benzene rings is 2. The van der Waals surface area contributed by atoms with Gasteiger partial charge in [-0.15, -0.1) is 0 Å². The lowest BCUT2D eigenvalue weighted by atomic mass is 9.99. The molecule has 0 bridgehead atoms. The maximum Gasteiger partial charge on any atom is 0.206 e. The molecule has 6 heteroatoms. The molecule has 0 unspecified atom stereocenters. The number of carbonyl (C=O) groups excluding carboxylic acids is 1. The van der Waals surface area contributed by atoms with Crippen molar-refractivity contribution in [3.05, 3.63) is 62.2 Å². The Labute approximate surface area is 186 Å². The Balaban J connectivity index is 1.59. The summed E-state index contributed by atoms with van der Waals surface area (Å²) in [7, 11) is 2.16. The molecule has 2 aromatic carbocycles. The molecule has 0 aliphatic carbocycles. The lowest BCUT2D eigenvalue weighted by Crippen LogP contribution is -2.44. The summed E-state index contributed by atoms with van der Waals surface area (Å²) in [4.78, 5) is 17.5. The van der Waals surface area contributed by atoms with Crippen molar-refractivity contribution >= 4 is 39.8 Å². The number of rotatable bonds is 7. The number of piperazine rings is 1. The van der Waals surface area contributed by atoms with Gasteiger partial charge in [0.25, 0.3) is 0 Å². The van der Waals surface area contributed by atoms with Crippen molar-refractivity contribution in [2.75, 3.05) is 39.0 Å². The fraction of sp³-hybridized carbons (Fsp3) is 0.391. The summed E-state index contributed by atoms with van der Waals surface area (Å²) in [6.45, 7) is 7.21. The molecule has 0 spiro atoms. The van der Waals surface area contributed by atoms with E-state index in [2.05, 4.69) is 39.4 Å². The molecule has 29 heavy (non-hydrogen) atoms. The van der Waals surface area contributed by atoms with E-state index in [-0.39, 0.29) is 11.5 Å². The van der Waals surface area contributed by atoms with E-state index in [1.807, 2.05) is 43.3 Å². The maximum atomic E-state index is 12.7. The molecule has 0 radical (unpaired) electrons. The largest absolute Gasteiger partial charge is 0.399 e. The Bertz CT molecular complexity index is 904. The van der Waals surface area contributed by atoms with Gasteiger partial charge in [-0.05, 0) is 78.2 Å². The summed E-state index contributed by atoms with van der Waals surface area (Å²) >= 11 is 2.31. The molecular weight excluding hydrogens is 475 g/mol. The molecule has 1 fully saturated rings. The number of halogens is 1. The van der Waals surface area contributed by atoms with Crippen molar-refractivity contribution in [2.45, 2.75) is 26.3 Å². The molecule has 0 amide bonds. The van der Waals surface area contributed by atoms with Crippen LogP contribution in [0.2, 0.25) is 0 Å². The molecule has 3 rings (SSSR count). The molecule has 1 aliphatic rings. The van der Waals surface area contributed by atoms with Crippen LogP contribution in [0.3, 0.4) is 0 Å². The topological polar surface area (TPSA) is 73.4 Å². The van der Waals surface area contributed by atoms with Crippen LogP contribution < -0.4 is 5.73 Å². The highest BCUT2D eigenvalue weighted by Gasteiger charge is 2.17. The summed E-state index contributed by atoms with van der Waals surface area (Å²) in [6.07, 6.45) is 1.06. The second-order valence-electron chi connectivity index (χ2n) is 7.88. The van der Waals surface area contributed by atoms with Crippen LogP contribution in [0.1, 0.15) is 33.5 Å². The van der Waals surface area contributed by atoms with E-state index in [9.17, 15) is 4.79 Å². The SMILES string of the molecule is Cc1ccc(CCC(=N)C(=O)c2ccc(CN3CCN(C)CC3)c(I)c2)cc1N. The van der Waals surface area contributed by atoms with Gasteiger partial charge in [0, 0.05) is 47.5 Å². The number of nitrogens with one attached hydrogen (secondary N) is 1. The average Bonchev–Trinajstić information content (AvgIpc) is 2.71. The minimum absolute atomic E-state index is 0.145. The lowest BCUT2D eigenvalue weighted by Gasteiger charge is -2.32. The van der Waals surface area contributed by atoms with Gasteiger partial charge in [-0.3, -0.25) is 9.69 Å². The standard InChI is InChI=1S/C23H29IN4O/c1-16-3-4-17(13-22(16)26)5-8-21(25)23(29)18-6-7-19(20(24)14-18)15-28-11-9-27(2)10-12-28/h3-4,6-7,13-14,25H,5,8-12,15,26H2,1-2H3. The Morgan fingerprint density at radius 1 is 1.14 bits per heavy atom. The number of nitrogens with two attached hydrogens (primary N) is 1. The summed E-state index contributed by atoms with van der Waals surface area (Å²) in [6, 6.07) is 11.8. The molecule has 2 aromatic rings. The fourth-order valence-electron chi connectivity index (χ4n) is 3.47. The van der Waals surface area contributed by atoms with E-state index < -0.39 is 0 Å². The number of ketones is 1. The Kier molecular flexibility index (Phi) is 7.43. The van der Waals surface area contributed by atoms with Crippen LogP contribution in [0.15, 0.2) is 36.4 Å². The van der Waals surface area contributed by atoms with E-state index >= 15 is 0 Å². The molecule has 0 atom stereocenters. The molecule has 1 aliphatic heterocycles. The van der Waals surface area contributed by atoms with E-state index in [0.717, 1.165) is 53.1 Å². The summed E-state index contributed by atoms with van der Waals surface area (Å²) in [5, 5.41) is 8.23. The lowest BCUT2D eigenvalue weighted by molar-refractivity contribution is 0.106. The zero-order valence-electron chi connectivity index (χ0n) is 17.2. The van der Waals surface area contributed by atoms with Crippen LogP contribution in [-0.4, -0.2) is 54.5 Å². The number of carbonyl (C=O) groups is 1. The number of likely N-dealkylation sites (N-methyl/N-ethyl adjacent to an activating group) is 1. The van der Waals surface area contributed by atoms with Crippen LogP contribution in [0.5, 0.6) is 0 Å². The first-order chi connectivity index (χ1) is 13.8. The van der Waals surface area contributed by atoms with Gasteiger partial charge in [0.05, 0.1) is 5.71 Å². The number of hydrogen-bond donors (Lipinski definition) is 2. The van der Waals surface area contributed by atoms with Crippen LogP contribution in [0.4, 0.5) is 5.69 Å². The van der Waals surface area contributed by atoms with Gasteiger partial charge in [0.2, 0.25) is 5.78 Å². The molecule has 3 N–H and O–H groups in total. The van der Waals surface area contributed by atoms with Gasteiger partial charge in [-0.2, -0.15) is 0 Å². The molecule has 0 saturated carbocycles. The van der Waals surface area contributed by atoms with Crippen molar-refractivity contribution < 1.29 is 4.79 Å². The van der Waals surface area contributed by atoms with E-state index in [0.29, 0.717) is 18.4 Å². The number of anilines is 1. The number of nitrogen functional groups attached to an aromatic ring is 1. The highest BCUT2D eigenvalue weighted by molar-refractivity contribution is 14.1. The quantitative estimate of drug-likeness (QED) is 0.261. The smallest absolute Gasteiger partial charge is 0.206 e. The second-order valence-corrected chi connectivity index (χ2v) is 9.05. The number of aryl methyl sites for hydroxylation is 2. The van der Waals surface area contributed by atoms with Crippen molar-refractivity contribution in [1.29, 1.82) is 5.41 Å². The molecule has 5 nitrogen and oxygen atoms in total. The van der Waals surface area contributed by atoms with Crippen molar-refractivity contribution in [3.63, 3.8) is 0 Å². The summed E-state index contributed by atoms with van der Waals surface area (Å²) in [5.41, 5.74) is 10.8. The Hall–Kier alpha value is -1.77. The highest BCUT2D eigenvalue weighted by atomic mass is 127. The first-order valence-corrected chi connectivity index (χ1v) is 11.1. The van der Waals surface area contributed by atoms with Crippen molar-refractivity contribution in [3.8, 4) is 0 Å².